The number of carbonyl (C=O) groups is 1. The molecule has 1 aromatic heterocycles. The molecule has 0 spiro atoms. The maximum Gasteiger partial charge on any atom is 0.270 e. The summed E-state index contributed by atoms with van der Waals surface area (Å²) in [6, 6.07) is 9.75. The van der Waals surface area contributed by atoms with Crippen LogP contribution in [0.15, 0.2) is 36.5 Å². The van der Waals surface area contributed by atoms with E-state index in [0.29, 0.717) is 30.0 Å². The molecule has 3 rings (SSSR count). The van der Waals surface area contributed by atoms with Crippen molar-refractivity contribution in [1.82, 2.24) is 10.3 Å². The van der Waals surface area contributed by atoms with Crippen molar-refractivity contribution in [3.63, 3.8) is 0 Å². The lowest BCUT2D eigenvalue weighted by Crippen LogP contribution is -2.31. The molecule has 1 aromatic carbocycles. The van der Waals surface area contributed by atoms with Crippen LogP contribution in [0.25, 0.3) is 10.8 Å². The number of rotatable bonds is 4. The van der Waals surface area contributed by atoms with Crippen LogP contribution in [0.1, 0.15) is 29.8 Å². The molecule has 2 aromatic rings. The van der Waals surface area contributed by atoms with E-state index >= 15 is 0 Å². The average molecular weight is 303 g/mol. The summed E-state index contributed by atoms with van der Waals surface area (Å²) in [6.07, 6.45) is 5.23. The zero-order chi connectivity index (χ0) is 14.7. The molecule has 21 heavy (non-hydrogen) atoms. The molecule has 110 valence electrons. The summed E-state index contributed by atoms with van der Waals surface area (Å²) >= 11 is 5.99. The smallest absolute Gasteiger partial charge is 0.270 e. The van der Waals surface area contributed by atoms with Gasteiger partial charge in [0.15, 0.2) is 0 Å². The largest absolute Gasteiger partial charge is 0.350 e. The molecule has 4 heteroatoms. The summed E-state index contributed by atoms with van der Waals surface area (Å²) in [5.41, 5.74) is 0.508. The van der Waals surface area contributed by atoms with Gasteiger partial charge in [-0.2, -0.15) is 0 Å². The number of nitrogens with zero attached hydrogens (tertiary/aromatic N) is 1. The standard InChI is InChI=1S/C17H19ClN2O/c18-10-13-5-3-6-14(13)11-20-17(21)16-15-7-2-1-4-12(15)8-9-19-16/h1-2,4,7-9,13-14H,3,5-6,10-11H2,(H,20,21). The van der Waals surface area contributed by atoms with Gasteiger partial charge in [0.25, 0.3) is 5.91 Å². The fourth-order valence-corrected chi connectivity index (χ4v) is 3.60. The van der Waals surface area contributed by atoms with Crippen LogP contribution in [-0.2, 0) is 0 Å². The maximum absolute atomic E-state index is 12.4. The molecule has 3 nitrogen and oxygen atoms in total. The van der Waals surface area contributed by atoms with Crippen molar-refractivity contribution in [1.29, 1.82) is 0 Å². The predicted octanol–water partition coefficient (Wildman–Crippen LogP) is 3.62. The van der Waals surface area contributed by atoms with Crippen molar-refractivity contribution in [2.24, 2.45) is 11.8 Å². The van der Waals surface area contributed by atoms with Gasteiger partial charge in [-0.1, -0.05) is 30.7 Å². The number of pyridine rings is 1. The van der Waals surface area contributed by atoms with E-state index in [9.17, 15) is 4.79 Å². The van der Waals surface area contributed by atoms with E-state index in [4.69, 9.17) is 11.6 Å². The number of amides is 1. The van der Waals surface area contributed by atoms with E-state index in [2.05, 4.69) is 10.3 Å². The minimum atomic E-state index is -0.0907. The Labute approximate surface area is 129 Å². The highest BCUT2D eigenvalue weighted by Gasteiger charge is 2.27. The van der Waals surface area contributed by atoms with Gasteiger partial charge in [0.05, 0.1) is 0 Å². The third kappa shape index (κ3) is 3.03. The van der Waals surface area contributed by atoms with Gasteiger partial charge in [-0.05, 0) is 36.1 Å². The summed E-state index contributed by atoms with van der Waals surface area (Å²) in [6.45, 7) is 0.696. The first kappa shape index (κ1) is 14.3. The van der Waals surface area contributed by atoms with Crippen molar-refractivity contribution in [2.45, 2.75) is 19.3 Å². The summed E-state index contributed by atoms with van der Waals surface area (Å²) in [5.74, 6) is 1.63. The molecule has 1 N–H and O–H groups in total. The minimum absolute atomic E-state index is 0.0907. The molecule has 1 amide bonds. The van der Waals surface area contributed by atoms with E-state index in [1.807, 2.05) is 30.3 Å². The normalized spacial score (nSPS) is 21.6. The van der Waals surface area contributed by atoms with Crippen molar-refractivity contribution < 1.29 is 4.79 Å². The van der Waals surface area contributed by atoms with E-state index in [-0.39, 0.29) is 5.91 Å². The molecule has 0 saturated heterocycles. The van der Waals surface area contributed by atoms with Crippen LogP contribution < -0.4 is 5.32 Å². The number of aromatic nitrogens is 1. The number of hydrogen-bond acceptors (Lipinski definition) is 2. The highest BCUT2D eigenvalue weighted by molar-refractivity contribution is 6.18. The Kier molecular flexibility index (Phi) is 4.39. The Morgan fingerprint density at radius 1 is 1.24 bits per heavy atom. The molecule has 1 aliphatic carbocycles. The van der Waals surface area contributed by atoms with Gasteiger partial charge < -0.3 is 5.32 Å². The fourth-order valence-electron chi connectivity index (χ4n) is 3.19. The minimum Gasteiger partial charge on any atom is -0.350 e. The number of hydrogen-bond donors (Lipinski definition) is 1. The Morgan fingerprint density at radius 2 is 2.05 bits per heavy atom. The molecule has 0 aliphatic heterocycles. The molecule has 2 atom stereocenters. The second-order valence-corrected chi connectivity index (χ2v) is 6.00. The summed E-state index contributed by atoms with van der Waals surface area (Å²) in [4.78, 5) is 16.7. The first-order chi connectivity index (χ1) is 10.3. The molecule has 0 bridgehead atoms. The van der Waals surface area contributed by atoms with E-state index in [1.165, 1.54) is 12.8 Å². The van der Waals surface area contributed by atoms with Gasteiger partial charge in [-0.25, -0.2) is 0 Å². The zero-order valence-corrected chi connectivity index (χ0v) is 12.6. The van der Waals surface area contributed by atoms with Crippen LogP contribution in [0.5, 0.6) is 0 Å². The van der Waals surface area contributed by atoms with E-state index in [0.717, 1.165) is 17.2 Å². The SMILES string of the molecule is O=C(NCC1CCCC1CCl)c1nccc2ccccc12. The van der Waals surface area contributed by atoms with Crippen LogP contribution in [0.3, 0.4) is 0 Å². The second-order valence-electron chi connectivity index (χ2n) is 5.70. The molecular weight excluding hydrogens is 284 g/mol. The molecule has 2 unspecified atom stereocenters. The predicted molar refractivity (Wildman–Crippen MR) is 85.6 cm³/mol. The average Bonchev–Trinajstić information content (AvgIpc) is 2.99. The van der Waals surface area contributed by atoms with Crippen LogP contribution in [0.2, 0.25) is 0 Å². The molecular formula is C17H19ClN2O. The van der Waals surface area contributed by atoms with Crippen molar-refractivity contribution >= 4 is 28.3 Å². The number of alkyl halides is 1. The second kappa shape index (κ2) is 6.44. The van der Waals surface area contributed by atoms with E-state index < -0.39 is 0 Å². The van der Waals surface area contributed by atoms with Gasteiger partial charge in [0, 0.05) is 24.0 Å². The third-order valence-corrected chi connectivity index (χ3v) is 4.82. The van der Waals surface area contributed by atoms with Crippen LogP contribution >= 0.6 is 11.6 Å². The van der Waals surface area contributed by atoms with Crippen molar-refractivity contribution in [3.05, 3.63) is 42.2 Å². The molecule has 1 fully saturated rings. The topological polar surface area (TPSA) is 42.0 Å². The first-order valence-corrected chi connectivity index (χ1v) is 8.01. The number of fused-ring (bicyclic) bond motifs is 1. The number of benzene rings is 1. The Morgan fingerprint density at radius 3 is 2.90 bits per heavy atom. The Balaban J connectivity index is 1.72. The molecule has 1 aliphatic rings. The Hall–Kier alpha value is -1.61. The number of carbonyl (C=O) groups excluding carboxylic acids is 1. The highest BCUT2D eigenvalue weighted by Crippen LogP contribution is 2.32. The van der Waals surface area contributed by atoms with Gasteiger partial charge in [-0.15, -0.1) is 11.6 Å². The molecule has 1 heterocycles. The zero-order valence-electron chi connectivity index (χ0n) is 11.9. The summed E-state index contributed by atoms with van der Waals surface area (Å²) < 4.78 is 0. The van der Waals surface area contributed by atoms with Crippen molar-refractivity contribution in [3.8, 4) is 0 Å². The van der Waals surface area contributed by atoms with Crippen LogP contribution in [-0.4, -0.2) is 23.3 Å². The lowest BCUT2D eigenvalue weighted by Gasteiger charge is -2.17. The van der Waals surface area contributed by atoms with Gasteiger partial charge in [-0.3, -0.25) is 9.78 Å². The van der Waals surface area contributed by atoms with Crippen LogP contribution in [0, 0.1) is 11.8 Å². The first-order valence-electron chi connectivity index (χ1n) is 7.47. The fraction of sp³-hybridized carbons (Fsp3) is 0.412. The van der Waals surface area contributed by atoms with Crippen molar-refractivity contribution in [2.75, 3.05) is 12.4 Å². The maximum atomic E-state index is 12.4. The lowest BCUT2D eigenvalue weighted by molar-refractivity contribution is 0.0941. The molecule has 0 radical (unpaired) electrons. The lowest BCUT2D eigenvalue weighted by atomic mass is 9.98. The van der Waals surface area contributed by atoms with Gasteiger partial charge in [0.2, 0.25) is 0 Å². The monoisotopic (exact) mass is 302 g/mol. The number of nitrogens with one attached hydrogen (secondary N) is 1. The Bertz CT molecular complexity index is 638. The number of halogens is 1. The van der Waals surface area contributed by atoms with Crippen LogP contribution in [0.4, 0.5) is 0 Å². The van der Waals surface area contributed by atoms with Gasteiger partial charge >= 0.3 is 0 Å². The molecule has 1 saturated carbocycles. The third-order valence-electron chi connectivity index (χ3n) is 4.43. The quantitative estimate of drug-likeness (QED) is 0.877. The summed E-state index contributed by atoms with van der Waals surface area (Å²) in [5, 5.41) is 4.98. The highest BCUT2D eigenvalue weighted by atomic mass is 35.5. The van der Waals surface area contributed by atoms with E-state index in [1.54, 1.807) is 6.20 Å². The van der Waals surface area contributed by atoms with Gasteiger partial charge in [0.1, 0.15) is 5.69 Å². The summed E-state index contributed by atoms with van der Waals surface area (Å²) in [7, 11) is 0.